The van der Waals surface area contributed by atoms with Crippen LogP contribution in [0.3, 0.4) is 0 Å². The molecule has 0 radical (unpaired) electrons. The van der Waals surface area contributed by atoms with Crippen LogP contribution in [0.2, 0.25) is 0 Å². The Kier molecular flexibility index (Phi) is 4.48. The van der Waals surface area contributed by atoms with Gasteiger partial charge in [0.1, 0.15) is 10.1 Å². The average Bonchev–Trinajstić information content (AvgIpc) is 0.722. The van der Waals surface area contributed by atoms with Gasteiger partial charge in [-0.05, 0) is 0 Å². The van der Waals surface area contributed by atoms with Crippen molar-refractivity contribution < 1.29 is 34.7 Å². The van der Waals surface area contributed by atoms with Crippen LogP contribution in [0.25, 0.3) is 0 Å². The van der Waals surface area contributed by atoms with Gasteiger partial charge < -0.3 is 4.55 Å². The fourth-order valence-electron chi connectivity index (χ4n) is 0. The van der Waals surface area contributed by atoms with Gasteiger partial charge in [0, 0.05) is 21.7 Å². The summed E-state index contributed by atoms with van der Waals surface area (Å²) < 4.78 is 25.5. The van der Waals surface area contributed by atoms with Gasteiger partial charge in [0.05, 0.1) is 0 Å². The molecule has 0 amide bonds. The molecule has 6 heavy (non-hydrogen) atoms. The summed E-state index contributed by atoms with van der Waals surface area (Å²) >= 11 is 0. The normalized spacial score (nSPS) is 9.67. The van der Waals surface area contributed by atoms with Crippen molar-refractivity contribution >= 4 is 10.1 Å². The number of hydrogen-bond acceptors (Lipinski definition) is 2. The van der Waals surface area contributed by atoms with Crippen molar-refractivity contribution in [3.05, 3.63) is 6.26 Å². The van der Waals surface area contributed by atoms with E-state index < -0.39 is 10.1 Å². The molecule has 0 saturated heterocycles. The topological polar surface area (TPSA) is 54.4 Å². The minimum Gasteiger partial charge on any atom is -0.310 e. The fourth-order valence-corrected chi connectivity index (χ4v) is 0. The minimum atomic E-state index is -3.92. The summed E-state index contributed by atoms with van der Waals surface area (Å²) in [5, 5.41) is 0. The third-order valence-corrected chi connectivity index (χ3v) is 0. The molecule has 3 nitrogen and oxygen atoms in total. The molecule has 0 rings (SSSR count). The van der Waals surface area contributed by atoms with E-state index in [0.717, 1.165) is 0 Å². The summed E-state index contributed by atoms with van der Waals surface area (Å²) in [6.07, 6.45) is 2.30. The third kappa shape index (κ3) is 156. The molecular formula is CH3O3STi-. The fraction of sp³-hybridized carbons (Fsp3) is 0. The van der Waals surface area contributed by atoms with E-state index in [2.05, 4.69) is 6.26 Å². The molecule has 0 bridgehead atoms. The standard InChI is InChI=1S/CH3O3S.Ti/c1-5(2,3)4;/h1H2,(H,2,3,4);/q-1;. The smallest absolute Gasteiger partial charge is 0.131 e. The molecule has 0 aliphatic heterocycles. The first-order valence-electron chi connectivity index (χ1n) is 0.805. The van der Waals surface area contributed by atoms with Crippen molar-refractivity contribution in [3.63, 3.8) is 0 Å². The zero-order valence-corrected chi connectivity index (χ0v) is 5.26. The first kappa shape index (κ1) is 9.80. The van der Waals surface area contributed by atoms with Crippen LogP contribution in [0.4, 0.5) is 0 Å². The summed E-state index contributed by atoms with van der Waals surface area (Å²) in [5.74, 6) is 0. The Labute approximate surface area is 51.4 Å². The largest absolute Gasteiger partial charge is 0.310 e. The zero-order valence-electron chi connectivity index (χ0n) is 2.88. The summed E-state index contributed by atoms with van der Waals surface area (Å²) in [4.78, 5) is 0. The Morgan fingerprint density at radius 1 is 1.50 bits per heavy atom. The molecule has 0 aliphatic carbocycles. The Balaban J connectivity index is 0. The van der Waals surface area contributed by atoms with E-state index in [4.69, 9.17) is 13.0 Å². The summed E-state index contributed by atoms with van der Waals surface area (Å²) in [7, 11) is -3.92. The van der Waals surface area contributed by atoms with E-state index in [1.807, 2.05) is 0 Å². The first-order valence-corrected chi connectivity index (χ1v) is 2.41. The Hall–Kier alpha value is 0.624. The van der Waals surface area contributed by atoms with E-state index in [9.17, 15) is 0 Å². The van der Waals surface area contributed by atoms with E-state index in [1.54, 1.807) is 0 Å². The molecule has 0 aliphatic rings. The maximum Gasteiger partial charge on any atom is 0.131 e. The monoisotopic (exact) mass is 143 g/mol. The van der Waals surface area contributed by atoms with Crippen molar-refractivity contribution in [2.24, 2.45) is 0 Å². The molecule has 0 spiro atoms. The molecule has 5 heteroatoms. The molecule has 0 atom stereocenters. The SMILES string of the molecule is [CH2-]S(=O)(=O)O.[Ti]. The van der Waals surface area contributed by atoms with Crippen LogP contribution in [0.15, 0.2) is 0 Å². The Bertz CT molecular complexity index is 94.0. The molecule has 0 saturated carbocycles. The third-order valence-electron chi connectivity index (χ3n) is 0. The maximum absolute atomic E-state index is 9.08. The zero-order chi connectivity index (χ0) is 4.50. The predicted molar refractivity (Wildman–Crippen MR) is 16.9 cm³/mol. The molecule has 1 N–H and O–H groups in total. The van der Waals surface area contributed by atoms with Crippen LogP contribution < -0.4 is 0 Å². The van der Waals surface area contributed by atoms with Gasteiger partial charge in [-0.1, -0.05) is 0 Å². The van der Waals surface area contributed by atoms with Crippen LogP contribution in [-0.4, -0.2) is 13.0 Å². The Morgan fingerprint density at radius 3 is 1.50 bits per heavy atom. The molecule has 0 aromatic carbocycles. The van der Waals surface area contributed by atoms with Gasteiger partial charge in [0.2, 0.25) is 0 Å². The van der Waals surface area contributed by atoms with E-state index in [-0.39, 0.29) is 21.7 Å². The Morgan fingerprint density at radius 2 is 1.50 bits per heavy atom. The average molecular weight is 143 g/mol. The molecular weight excluding hydrogens is 140 g/mol. The van der Waals surface area contributed by atoms with Crippen LogP contribution in [0.1, 0.15) is 0 Å². The maximum atomic E-state index is 9.08. The molecule has 0 fully saturated rings. The summed E-state index contributed by atoms with van der Waals surface area (Å²) in [5.41, 5.74) is 0. The van der Waals surface area contributed by atoms with Gasteiger partial charge in [-0.3, -0.25) is 0 Å². The minimum absolute atomic E-state index is 0. The van der Waals surface area contributed by atoms with Crippen molar-refractivity contribution in [2.75, 3.05) is 0 Å². The summed E-state index contributed by atoms with van der Waals surface area (Å²) in [6, 6.07) is 0. The van der Waals surface area contributed by atoms with Crippen molar-refractivity contribution in [2.45, 2.75) is 0 Å². The van der Waals surface area contributed by atoms with Gasteiger partial charge >= 0.3 is 0 Å². The van der Waals surface area contributed by atoms with Crippen molar-refractivity contribution in [1.29, 1.82) is 0 Å². The molecule has 0 heterocycles. The van der Waals surface area contributed by atoms with E-state index in [0.29, 0.717) is 0 Å². The van der Waals surface area contributed by atoms with Gasteiger partial charge in [-0.25, -0.2) is 8.42 Å². The van der Waals surface area contributed by atoms with E-state index >= 15 is 0 Å². The molecule has 0 aromatic heterocycles. The number of rotatable bonds is 0. The molecule has 0 aromatic rings. The second-order valence-electron chi connectivity index (χ2n) is 0.582. The van der Waals surface area contributed by atoms with E-state index in [1.165, 1.54) is 0 Å². The summed E-state index contributed by atoms with van der Waals surface area (Å²) in [6.45, 7) is 0. The second kappa shape index (κ2) is 2.74. The van der Waals surface area contributed by atoms with Crippen LogP contribution in [0.5, 0.6) is 0 Å². The molecule has 36 valence electrons. The first-order chi connectivity index (χ1) is 2.00. The molecule has 0 unspecified atom stereocenters. The van der Waals surface area contributed by atoms with Crippen molar-refractivity contribution in [3.8, 4) is 0 Å². The number of hydrogen-bond donors (Lipinski definition) is 1. The van der Waals surface area contributed by atoms with Crippen LogP contribution in [-0.2, 0) is 31.8 Å². The van der Waals surface area contributed by atoms with Crippen LogP contribution >= 0.6 is 0 Å². The van der Waals surface area contributed by atoms with Gasteiger partial charge in [-0.2, -0.15) is 6.26 Å². The van der Waals surface area contributed by atoms with Crippen LogP contribution in [0, 0.1) is 6.26 Å². The van der Waals surface area contributed by atoms with Gasteiger partial charge in [0.25, 0.3) is 0 Å². The van der Waals surface area contributed by atoms with Gasteiger partial charge in [0.15, 0.2) is 0 Å². The van der Waals surface area contributed by atoms with Gasteiger partial charge in [-0.15, -0.1) is 0 Å². The second-order valence-corrected chi connectivity index (χ2v) is 1.75. The quantitative estimate of drug-likeness (QED) is 0.286. The van der Waals surface area contributed by atoms with Crippen molar-refractivity contribution in [1.82, 2.24) is 0 Å². The predicted octanol–water partition coefficient (Wildman–Crippen LogP) is -0.337.